The van der Waals surface area contributed by atoms with Crippen molar-refractivity contribution < 1.29 is 13.6 Å². The van der Waals surface area contributed by atoms with Gasteiger partial charge in [0, 0.05) is 4.88 Å². The average molecular weight is 471 g/mol. The van der Waals surface area contributed by atoms with Gasteiger partial charge in [-0.05, 0) is 53.6 Å². The Morgan fingerprint density at radius 1 is 1.12 bits per heavy atom. The first kappa shape index (κ1) is 22.3. The highest BCUT2D eigenvalue weighted by Crippen LogP contribution is 2.26. The van der Waals surface area contributed by atoms with Crippen LogP contribution in [0.2, 0.25) is 0 Å². The lowest BCUT2D eigenvalue weighted by Gasteiger charge is -2.22. The second kappa shape index (κ2) is 10.6. The number of aromatic nitrogens is 2. The van der Waals surface area contributed by atoms with Gasteiger partial charge in [0.05, 0.1) is 24.0 Å². The first-order valence-electron chi connectivity index (χ1n) is 10.3. The van der Waals surface area contributed by atoms with E-state index in [1.165, 1.54) is 23.5 Å². The number of benzene rings is 1. The molecule has 0 bridgehead atoms. The summed E-state index contributed by atoms with van der Waals surface area (Å²) in [6, 6.07) is 13.7. The van der Waals surface area contributed by atoms with Gasteiger partial charge in [-0.1, -0.05) is 31.2 Å². The minimum Gasteiger partial charge on any atom is -0.419 e. The third-order valence-corrected chi connectivity index (χ3v) is 6.60. The smallest absolute Gasteiger partial charge is 0.257 e. The molecule has 4 aromatic rings. The molecular weight excluding hydrogens is 447 g/mol. The molecule has 0 aliphatic carbocycles. The van der Waals surface area contributed by atoms with Crippen LogP contribution in [0.3, 0.4) is 0 Å². The summed E-state index contributed by atoms with van der Waals surface area (Å²) in [5.41, 5.74) is 0.835. The SMILES string of the molecule is CCCN(CC(=O)NC(c1ccc(F)cc1)c1cccs1)Cc1nnc(-c2cccs2)o1. The molecule has 4 rings (SSSR count). The third-order valence-electron chi connectivity index (χ3n) is 4.80. The van der Waals surface area contributed by atoms with E-state index in [2.05, 4.69) is 22.4 Å². The molecule has 1 amide bonds. The van der Waals surface area contributed by atoms with Crippen LogP contribution >= 0.6 is 22.7 Å². The fourth-order valence-electron chi connectivity index (χ4n) is 3.38. The Labute approximate surface area is 193 Å². The van der Waals surface area contributed by atoms with Gasteiger partial charge in [-0.25, -0.2) is 4.39 Å². The monoisotopic (exact) mass is 470 g/mol. The Hall–Kier alpha value is -2.88. The van der Waals surface area contributed by atoms with Gasteiger partial charge in [-0.15, -0.1) is 32.9 Å². The Bertz CT molecular complexity index is 1110. The zero-order valence-corrected chi connectivity index (χ0v) is 19.2. The van der Waals surface area contributed by atoms with E-state index in [1.54, 1.807) is 23.5 Å². The molecule has 0 aliphatic heterocycles. The fourth-order valence-corrected chi connectivity index (χ4v) is 4.82. The van der Waals surface area contributed by atoms with Gasteiger partial charge >= 0.3 is 0 Å². The van der Waals surface area contributed by atoms with Crippen LogP contribution < -0.4 is 5.32 Å². The highest BCUT2D eigenvalue weighted by Gasteiger charge is 2.21. The van der Waals surface area contributed by atoms with E-state index in [1.807, 2.05) is 39.9 Å². The lowest BCUT2D eigenvalue weighted by atomic mass is 10.1. The molecule has 0 aliphatic rings. The highest BCUT2D eigenvalue weighted by molar-refractivity contribution is 7.13. The third kappa shape index (κ3) is 5.67. The molecule has 1 aromatic carbocycles. The maximum Gasteiger partial charge on any atom is 0.257 e. The summed E-state index contributed by atoms with van der Waals surface area (Å²) in [5, 5.41) is 15.3. The largest absolute Gasteiger partial charge is 0.419 e. The van der Waals surface area contributed by atoms with Crippen LogP contribution in [0.4, 0.5) is 4.39 Å². The van der Waals surface area contributed by atoms with Crippen molar-refractivity contribution in [3.63, 3.8) is 0 Å². The first-order chi connectivity index (χ1) is 15.6. The molecule has 3 aromatic heterocycles. The number of amides is 1. The quantitative estimate of drug-likeness (QED) is 0.348. The van der Waals surface area contributed by atoms with Gasteiger partial charge in [0.1, 0.15) is 5.82 Å². The van der Waals surface area contributed by atoms with Gasteiger partial charge in [0.25, 0.3) is 5.89 Å². The lowest BCUT2D eigenvalue weighted by molar-refractivity contribution is -0.122. The van der Waals surface area contributed by atoms with Gasteiger partial charge in [0.2, 0.25) is 11.8 Å². The van der Waals surface area contributed by atoms with Crippen molar-refractivity contribution in [3.05, 3.63) is 81.4 Å². The highest BCUT2D eigenvalue weighted by atomic mass is 32.1. The maximum absolute atomic E-state index is 13.4. The lowest BCUT2D eigenvalue weighted by Crippen LogP contribution is -2.39. The molecular formula is C23H23FN4O2S2. The summed E-state index contributed by atoms with van der Waals surface area (Å²) in [6.45, 7) is 3.35. The molecule has 6 nitrogen and oxygen atoms in total. The number of thiophene rings is 2. The van der Waals surface area contributed by atoms with Gasteiger partial charge in [-0.2, -0.15) is 0 Å². The molecule has 1 N–H and O–H groups in total. The van der Waals surface area contributed by atoms with E-state index in [-0.39, 0.29) is 24.3 Å². The number of halogens is 1. The molecule has 32 heavy (non-hydrogen) atoms. The molecule has 1 unspecified atom stereocenters. The van der Waals surface area contributed by atoms with Crippen LogP contribution in [-0.4, -0.2) is 34.1 Å². The number of carbonyl (C=O) groups excluding carboxylic acids is 1. The topological polar surface area (TPSA) is 71.3 Å². The fraction of sp³-hybridized carbons (Fsp3) is 0.261. The van der Waals surface area contributed by atoms with E-state index in [0.717, 1.165) is 21.7 Å². The number of rotatable bonds is 10. The molecule has 0 fully saturated rings. The van der Waals surface area contributed by atoms with E-state index in [9.17, 15) is 9.18 Å². The van der Waals surface area contributed by atoms with E-state index in [0.29, 0.717) is 24.9 Å². The standard InChI is InChI=1S/C23H23FN4O2S2/c1-2-11-28(15-21-26-27-23(30-21)19-6-4-13-32-19)14-20(29)25-22(18-5-3-12-31-18)16-7-9-17(24)10-8-16/h3-10,12-13,22H,2,11,14-15H2,1H3,(H,25,29). The predicted molar refractivity (Wildman–Crippen MR) is 124 cm³/mol. The van der Waals surface area contributed by atoms with Crippen LogP contribution in [0, 0.1) is 5.82 Å². The number of nitrogens with one attached hydrogen (secondary N) is 1. The number of hydrogen-bond acceptors (Lipinski definition) is 7. The molecule has 166 valence electrons. The Morgan fingerprint density at radius 2 is 1.91 bits per heavy atom. The maximum atomic E-state index is 13.4. The summed E-state index contributed by atoms with van der Waals surface area (Å²) >= 11 is 3.09. The average Bonchev–Trinajstić information content (AvgIpc) is 3.55. The normalized spacial score (nSPS) is 12.2. The second-order valence-electron chi connectivity index (χ2n) is 7.26. The van der Waals surface area contributed by atoms with Crippen LogP contribution in [0.25, 0.3) is 10.8 Å². The van der Waals surface area contributed by atoms with Crippen LogP contribution in [-0.2, 0) is 11.3 Å². The Balaban J connectivity index is 1.44. The van der Waals surface area contributed by atoms with Crippen molar-refractivity contribution in [1.29, 1.82) is 0 Å². The molecule has 0 radical (unpaired) electrons. The Kier molecular flexibility index (Phi) is 7.41. The van der Waals surface area contributed by atoms with Crippen molar-refractivity contribution in [2.24, 2.45) is 0 Å². The summed E-state index contributed by atoms with van der Waals surface area (Å²) < 4.78 is 19.2. The van der Waals surface area contributed by atoms with Crippen LogP contribution in [0.1, 0.15) is 35.7 Å². The van der Waals surface area contributed by atoms with Crippen molar-refractivity contribution in [2.45, 2.75) is 25.9 Å². The van der Waals surface area contributed by atoms with Gasteiger partial charge in [-0.3, -0.25) is 9.69 Å². The molecule has 9 heteroatoms. The van der Waals surface area contributed by atoms with Crippen LogP contribution in [0.15, 0.2) is 63.7 Å². The predicted octanol–water partition coefficient (Wildman–Crippen LogP) is 5.12. The molecule has 0 saturated carbocycles. The summed E-state index contributed by atoms with van der Waals surface area (Å²) in [5.74, 6) is 0.535. The first-order valence-corrected chi connectivity index (χ1v) is 12.0. The minimum atomic E-state index is -0.333. The molecule has 1 atom stereocenters. The van der Waals surface area contributed by atoms with E-state index < -0.39 is 0 Å². The molecule has 0 saturated heterocycles. The van der Waals surface area contributed by atoms with E-state index in [4.69, 9.17) is 4.42 Å². The van der Waals surface area contributed by atoms with Crippen molar-refractivity contribution in [1.82, 2.24) is 20.4 Å². The van der Waals surface area contributed by atoms with E-state index >= 15 is 0 Å². The number of hydrogen-bond donors (Lipinski definition) is 1. The van der Waals surface area contributed by atoms with Crippen LogP contribution in [0.5, 0.6) is 0 Å². The number of nitrogens with zero attached hydrogens (tertiary/aromatic N) is 3. The zero-order valence-electron chi connectivity index (χ0n) is 17.5. The summed E-state index contributed by atoms with van der Waals surface area (Å²) in [6.07, 6.45) is 0.880. The van der Waals surface area contributed by atoms with Gasteiger partial charge < -0.3 is 9.73 Å². The zero-order chi connectivity index (χ0) is 22.3. The summed E-state index contributed by atoms with van der Waals surface area (Å²) in [4.78, 5) is 16.9. The summed E-state index contributed by atoms with van der Waals surface area (Å²) in [7, 11) is 0. The number of carbonyl (C=O) groups is 1. The second-order valence-corrected chi connectivity index (χ2v) is 9.18. The Morgan fingerprint density at radius 3 is 2.59 bits per heavy atom. The molecule has 3 heterocycles. The minimum absolute atomic E-state index is 0.126. The van der Waals surface area contributed by atoms with Crippen molar-refractivity contribution >= 4 is 28.6 Å². The van der Waals surface area contributed by atoms with Crippen molar-refractivity contribution in [2.75, 3.05) is 13.1 Å². The van der Waals surface area contributed by atoms with Gasteiger partial charge in [0.15, 0.2) is 0 Å². The molecule has 0 spiro atoms. The van der Waals surface area contributed by atoms with Crippen molar-refractivity contribution in [3.8, 4) is 10.8 Å².